The SMILES string of the molecule is COc1ccc(Cl)cc1NC(=O)N1CCc2cnc(N)nc2C1. The highest BCUT2D eigenvalue weighted by molar-refractivity contribution is 6.31. The Morgan fingerprint density at radius 2 is 2.30 bits per heavy atom. The van der Waals surface area contributed by atoms with Gasteiger partial charge in [0.25, 0.3) is 0 Å². The predicted molar refractivity (Wildman–Crippen MR) is 87.6 cm³/mol. The number of hydrogen-bond acceptors (Lipinski definition) is 5. The van der Waals surface area contributed by atoms with E-state index in [1.807, 2.05) is 0 Å². The Bertz CT molecular complexity index is 753. The van der Waals surface area contributed by atoms with Crippen molar-refractivity contribution in [2.75, 3.05) is 24.7 Å². The van der Waals surface area contributed by atoms with E-state index < -0.39 is 0 Å². The smallest absolute Gasteiger partial charge is 0.322 e. The van der Waals surface area contributed by atoms with Gasteiger partial charge in [0.1, 0.15) is 5.75 Å². The van der Waals surface area contributed by atoms with Crippen LogP contribution in [0, 0.1) is 0 Å². The first-order chi connectivity index (χ1) is 11.1. The zero-order valence-corrected chi connectivity index (χ0v) is 13.3. The Kier molecular flexibility index (Phi) is 4.20. The molecule has 0 radical (unpaired) electrons. The molecule has 0 atom stereocenters. The minimum atomic E-state index is -0.242. The first-order valence-corrected chi connectivity index (χ1v) is 7.44. The van der Waals surface area contributed by atoms with Gasteiger partial charge in [-0.15, -0.1) is 0 Å². The zero-order valence-electron chi connectivity index (χ0n) is 12.5. The number of nitrogens with zero attached hydrogens (tertiary/aromatic N) is 3. The highest BCUT2D eigenvalue weighted by atomic mass is 35.5. The lowest BCUT2D eigenvalue weighted by Gasteiger charge is -2.28. The van der Waals surface area contributed by atoms with Crippen molar-refractivity contribution in [1.82, 2.24) is 14.9 Å². The van der Waals surface area contributed by atoms with Gasteiger partial charge in [-0.3, -0.25) is 0 Å². The Morgan fingerprint density at radius 1 is 1.48 bits per heavy atom. The molecule has 2 amide bonds. The molecule has 3 N–H and O–H groups in total. The molecule has 0 bridgehead atoms. The lowest BCUT2D eigenvalue weighted by molar-refractivity contribution is 0.205. The van der Waals surface area contributed by atoms with Gasteiger partial charge in [-0.1, -0.05) is 11.6 Å². The maximum absolute atomic E-state index is 12.5. The van der Waals surface area contributed by atoms with E-state index >= 15 is 0 Å². The summed E-state index contributed by atoms with van der Waals surface area (Å²) < 4.78 is 5.23. The fourth-order valence-electron chi connectivity index (χ4n) is 2.46. The molecule has 0 saturated heterocycles. The number of benzene rings is 1. The van der Waals surface area contributed by atoms with Gasteiger partial charge in [0.15, 0.2) is 0 Å². The predicted octanol–water partition coefficient (Wildman–Crippen LogP) is 2.31. The summed E-state index contributed by atoms with van der Waals surface area (Å²) in [5.74, 6) is 0.759. The van der Waals surface area contributed by atoms with Crippen LogP contribution >= 0.6 is 11.6 Å². The van der Waals surface area contributed by atoms with E-state index in [9.17, 15) is 4.79 Å². The lowest BCUT2D eigenvalue weighted by atomic mass is 10.1. The van der Waals surface area contributed by atoms with Crippen LogP contribution in [0.4, 0.5) is 16.4 Å². The lowest BCUT2D eigenvalue weighted by Crippen LogP contribution is -2.39. The zero-order chi connectivity index (χ0) is 16.4. The number of halogens is 1. The molecule has 120 valence electrons. The highest BCUT2D eigenvalue weighted by Crippen LogP contribution is 2.28. The van der Waals surface area contributed by atoms with Gasteiger partial charge in [-0.25, -0.2) is 14.8 Å². The van der Waals surface area contributed by atoms with Crippen LogP contribution in [-0.4, -0.2) is 34.6 Å². The van der Waals surface area contributed by atoms with E-state index in [1.54, 1.807) is 29.3 Å². The van der Waals surface area contributed by atoms with E-state index in [1.165, 1.54) is 7.11 Å². The van der Waals surface area contributed by atoms with Crippen molar-refractivity contribution in [1.29, 1.82) is 0 Å². The molecule has 23 heavy (non-hydrogen) atoms. The number of nitrogens with one attached hydrogen (secondary N) is 1. The van der Waals surface area contributed by atoms with Crippen molar-refractivity contribution in [3.8, 4) is 5.75 Å². The number of urea groups is 1. The topological polar surface area (TPSA) is 93.4 Å². The first-order valence-electron chi connectivity index (χ1n) is 7.06. The van der Waals surface area contributed by atoms with Crippen LogP contribution in [0.3, 0.4) is 0 Å². The van der Waals surface area contributed by atoms with Gasteiger partial charge in [0.05, 0.1) is 25.0 Å². The number of rotatable bonds is 2. The van der Waals surface area contributed by atoms with Crippen LogP contribution in [-0.2, 0) is 13.0 Å². The number of nitrogen functional groups attached to an aromatic ring is 1. The molecule has 8 heteroatoms. The van der Waals surface area contributed by atoms with Gasteiger partial charge in [0, 0.05) is 17.8 Å². The van der Waals surface area contributed by atoms with Crippen LogP contribution in [0.1, 0.15) is 11.3 Å². The molecule has 7 nitrogen and oxygen atoms in total. The number of nitrogens with two attached hydrogens (primary N) is 1. The number of methoxy groups -OCH3 is 1. The maximum Gasteiger partial charge on any atom is 0.322 e. The molecule has 1 aliphatic rings. The highest BCUT2D eigenvalue weighted by Gasteiger charge is 2.23. The number of hydrogen-bond donors (Lipinski definition) is 2. The molecule has 3 rings (SSSR count). The van der Waals surface area contributed by atoms with Gasteiger partial charge in [-0.05, 0) is 30.2 Å². The molecule has 0 spiro atoms. The molecule has 1 aromatic carbocycles. The number of amides is 2. The third kappa shape index (κ3) is 3.29. The van der Waals surface area contributed by atoms with Gasteiger partial charge in [-0.2, -0.15) is 0 Å². The van der Waals surface area contributed by atoms with Crippen molar-refractivity contribution in [2.45, 2.75) is 13.0 Å². The number of ether oxygens (including phenoxy) is 1. The molecule has 0 saturated carbocycles. The summed E-state index contributed by atoms with van der Waals surface area (Å²) in [6.45, 7) is 0.964. The molecule has 0 aliphatic carbocycles. The normalized spacial score (nSPS) is 13.4. The van der Waals surface area contributed by atoms with Crippen LogP contribution < -0.4 is 15.8 Å². The summed E-state index contributed by atoms with van der Waals surface area (Å²) in [7, 11) is 1.54. The van der Waals surface area contributed by atoms with Crippen molar-refractivity contribution in [3.63, 3.8) is 0 Å². The molecular formula is C15H16ClN5O2. The summed E-state index contributed by atoms with van der Waals surface area (Å²) in [5, 5.41) is 3.34. The van der Waals surface area contributed by atoms with E-state index in [4.69, 9.17) is 22.1 Å². The first kappa shape index (κ1) is 15.4. The third-order valence-corrected chi connectivity index (χ3v) is 3.89. The number of anilines is 2. The quantitative estimate of drug-likeness (QED) is 0.879. The van der Waals surface area contributed by atoms with E-state index in [0.717, 1.165) is 11.3 Å². The van der Waals surface area contributed by atoms with Crippen LogP contribution in [0.25, 0.3) is 0 Å². The number of aromatic nitrogens is 2. The summed E-state index contributed by atoms with van der Waals surface area (Å²) in [4.78, 5) is 22.3. The van der Waals surface area contributed by atoms with Crippen molar-refractivity contribution in [3.05, 3.63) is 40.7 Å². The molecule has 1 aliphatic heterocycles. The van der Waals surface area contributed by atoms with Gasteiger partial charge in [0.2, 0.25) is 5.95 Å². The largest absolute Gasteiger partial charge is 0.495 e. The minimum Gasteiger partial charge on any atom is -0.495 e. The van der Waals surface area contributed by atoms with E-state index in [2.05, 4.69) is 15.3 Å². The second kappa shape index (κ2) is 6.29. The van der Waals surface area contributed by atoms with Crippen LogP contribution in [0.5, 0.6) is 5.75 Å². The fourth-order valence-corrected chi connectivity index (χ4v) is 2.64. The Morgan fingerprint density at radius 3 is 3.09 bits per heavy atom. The summed E-state index contributed by atoms with van der Waals surface area (Å²) >= 11 is 5.98. The van der Waals surface area contributed by atoms with Gasteiger partial charge < -0.3 is 20.7 Å². The monoisotopic (exact) mass is 333 g/mol. The fraction of sp³-hybridized carbons (Fsp3) is 0.267. The number of carbonyl (C=O) groups is 1. The summed E-state index contributed by atoms with van der Waals surface area (Å²) in [5.41, 5.74) is 7.93. The average Bonchev–Trinajstić information content (AvgIpc) is 2.54. The van der Waals surface area contributed by atoms with Crippen molar-refractivity contribution < 1.29 is 9.53 Å². The second-order valence-electron chi connectivity index (χ2n) is 5.15. The Balaban J connectivity index is 1.76. The van der Waals surface area contributed by atoms with E-state index in [-0.39, 0.29) is 12.0 Å². The van der Waals surface area contributed by atoms with Crippen LogP contribution in [0.15, 0.2) is 24.4 Å². The third-order valence-electron chi connectivity index (χ3n) is 3.65. The van der Waals surface area contributed by atoms with Crippen molar-refractivity contribution in [2.24, 2.45) is 0 Å². The Hall–Kier alpha value is -2.54. The summed E-state index contributed by atoms with van der Waals surface area (Å²) in [6.07, 6.45) is 2.41. The molecule has 0 fully saturated rings. The molecule has 2 aromatic rings. The molecule has 2 heterocycles. The Labute approximate surface area is 138 Å². The van der Waals surface area contributed by atoms with E-state index in [0.29, 0.717) is 36.0 Å². The minimum absolute atomic E-state index is 0.211. The molecule has 1 aromatic heterocycles. The number of carbonyl (C=O) groups excluding carboxylic acids is 1. The van der Waals surface area contributed by atoms with Crippen molar-refractivity contribution >= 4 is 29.3 Å². The summed E-state index contributed by atoms with van der Waals surface area (Å²) in [6, 6.07) is 4.81. The maximum atomic E-state index is 12.5. The standard InChI is InChI=1S/C15H16ClN5O2/c1-23-13-3-2-10(16)6-11(13)20-15(22)21-5-4-9-7-18-14(17)19-12(9)8-21/h2-3,6-7H,4-5,8H2,1H3,(H,20,22)(H2,17,18,19). The van der Waals surface area contributed by atoms with Crippen LogP contribution in [0.2, 0.25) is 5.02 Å². The number of fused-ring (bicyclic) bond motifs is 1. The van der Waals surface area contributed by atoms with Gasteiger partial charge >= 0.3 is 6.03 Å². The molecular weight excluding hydrogens is 318 g/mol. The average molecular weight is 334 g/mol. The molecule has 0 unspecified atom stereocenters. The second-order valence-corrected chi connectivity index (χ2v) is 5.58.